The number of aromatic hydroxyl groups is 1. The summed E-state index contributed by atoms with van der Waals surface area (Å²) in [5, 5.41) is 24.3. The van der Waals surface area contributed by atoms with Gasteiger partial charge >= 0.3 is 0 Å². The Hall–Kier alpha value is -2.88. The lowest BCUT2D eigenvalue weighted by atomic mass is 9.88. The van der Waals surface area contributed by atoms with Crippen LogP contribution >= 0.6 is 0 Å². The molecular weight excluding hydrogens is 601 g/mol. The number of sulfonamides is 1. The van der Waals surface area contributed by atoms with Crippen LogP contribution in [0, 0.1) is 5.82 Å². The summed E-state index contributed by atoms with van der Waals surface area (Å²) in [6, 6.07) is 9.88. The number of aromatic nitrogens is 1. The van der Waals surface area contributed by atoms with Gasteiger partial charge in [-0.1, -0.05) is 6.07 Å². The highest BCUT2D eigenvalue weighted by Crippen LogP contribution is 2.39. The van der Waals surface area contributed by atoms with E-state index in [1.54, 1.807) is 18.2 Å². The van der Waals surface area contributed by atoms with Gasteiger partial charge in [-0.05, 0) is 62.4 Å². The van der Waals surface area contributed by atoms with E-state index in [-0.39, 0.29) is 58.2 Å². The number of hydrogen-bond acceptors (Lipinski definition) is 10. The molecule has 1 unspecified atom stereocenters. The Morgan fingerprint density at radius 1 is 1.14 bits per heavy atom. The fraction of sp³-hybridized carbons (Fsp3) is 0.483. The number of aliphatic hydroxyl groups is 1. The van der Waals surface area contributed by atoms with Crippen LogP contribution in [0.15, 0.2) is 58.5 Å². The molecule has 2 aromatic carbocycles. The zero-order chi connectivity index (χ0) is 30.4. The first-order valence-corrected chi connectivity index (χ1v) is 17.3. The number of pyridine rings is 1. The predicted molar refractivity (Wildman–Crippen MR) is 155 cm³/mol. The smallest absolute Gasteiger partial charge is 0.248 e. The molecule has 1 aromatic heterocycles. The number of nitrogens with one attached hydrogen (secondary N) is 1. The normalized spacial score (nSPS) is 21.8. The second kappa shape index (κ2) is 11.6. The largest absolute Gasteiger partial charge is 0.506 e. The fourth-order valence-corrected chi connectivity index (χ4v) is 8.96. The first kappa shape index (κ1) is 30.2. The fourth-order valence-electron chi connectivity index (χ4n) is 5.79. The van der Waals surface area contributed by atoms with E-state index in [9.17, 15) is 31.4 Å². The molecule has 2 aliphatic heterocycles. The summed E-state index contributed by atoms with van der Waals surface area (Å²) in [4.78, 5) is 3.95. The summed E-state index contributed by atoms with van der Waals surface area (Å²) < 4.78 is 78.3. The van der Waals surface area contributed by atoms with Crippen LogP contribution in [-0.2, 0) is 24.6 Å². The summed E-state index contributed by atoms with van der Waals surface area (Å²) >= 11 is 0. The third kappa shape index (κ3) is 6.22. The van der Waals surface area contributed by atoms with E-state index in [1.807, 2.05) is 0 Å². The zero-order valence-electron chi connectivity index (χ0n) is 23.4. The number of aliphatic hydroxyl groups excluding tert-OH is 1. The lowest BCUT2D eigenvalue weighted by molar-refractivity contribution is -0.0312. The molecule has 3 aromatic rings. The van der Waals surface area contributed by atoms with Crippen molar-refractivity contribution >= 4 is 30.8 Å². The number of ether oxygens (including phenoxy) is 2. The molecule has 1 aliphatic carbocycles. The van der Waals surface area contributed by atoms with E-state index in [0.717, 1.165) is 18.3 Å². The van der Waals surface area contributed by atoms with Gasteiger partial charge in [0.2, 0.25) is 10.0 Å². The minimum Gasteiger partial charge on any atom is -0.506 e. The van der Waals surface area contributed by atoms with Crippen molar-refractivity contribution in [3.05, 3.63) is 54.5 Å². The van der Waals surface area contributed by atoms with Crippen molar-refractivity contribution in [2.75, 3.05) is 32.8 Å². The van der Waals surface area contributed by atoms with Crippen LogP contribution < -0.4 is 10.1 Å². The number of sulfone groups is 1. The maximum Gasteiger partial charge on any atom is 0.248 e. The van der Waals surface area contributed by atoms with Crippen LogP contribution in [0.25, 0.3) is 10.9 Å². The second-order valence-corrected chi connectivity index (χ2v) is 15.7. The Balaban J connectivity index is 0.989. The minimum absolute atomic E-state index is 0.0170. The van der Waals surface area contributed by atoms with Gasteiger partial charge in [0.15, 0.2) is 9.84 Å². The molecule has 0 amide bonds. The molecule has 3 aliphatic rings. The van der Waals surface area contributed by atoms with Crippen LogP contribution in [0.3, 0.4) is 0 Å². The van der Waals surface area contributed by atoms with Gasteiger partial charge in [-0.25, -0.2) is 21.2 Å². The molecule has 3 heterocycles. The first-order chi connectivity index (χ1) is 20.5. The highest BCUT2D eigenvalue weighted by molar-refractivity contribution is 7.92. The third-order valence-electron chi connectivity index (χ3n) is 8.41. The molecule has 14 heteroatoms. The summed E-state index contributed by atoms with van der Waals surface area (Å²) in [6.07, 6.45) is 3.14. The number of nitrogens with zero attached hydrogens (tertiary/aromatic N) is 2. The molecule has 6 rings (SSSR count). The lowest BCUT2D eigenvalue weighted by Crippen LogP contribution is -2.47. The zero-order valence-corrected chi connectivity index (χ0v) is 25.0. The van der Waals surface area contributed by atoms with Crippen molar-refractivity contribution in [2.24, 2.45) is 0 Å². The Kier molecular flexibility index (Phi) is 8.11. The van der Waals surface area contributed by atoms with E-state index in [4.69, 9.17) is 9.47 Å². The van der Waals surface area contributed by atoms with Crippen molar-refractivity contribution in [3.8, 4) is 11.5 Å². The summed E-state index contributed by atoms with van der Waals surface area (Å²) in [5.41, 5.74) is -0.336. The molecule has 2 atom stereocenters. The van der Waals surface area contributed by atoms with E-state index < -0.39 is 43.1 Å². The Morgan fingerprint density at radius 2 is 1.91 bits per heavy atom. The average Bonchev–Trinajstić information content (AvgIpc) is 3.78. The monoisotopic (exact) mass is 635 g/mol. The molecule has 1 saturated carbocycles. The number of rotatable bonds is 10. The quantitative estimate of drug-likeness (QED) is 0.302. The molecule has 3 fully saturated rings. The van der Waals surface area contributed by atoms with E-state index in [0.29, 0.717) is 44.5 Å². The Labute approximate surface area is 249 Å². The van der Waals surface area contributed by atoms with Crippen molar-refractivity contribution in [1.29, 1.82) is 0 Å². The van der Waals surface area contributed by atoms with Crippen molar-refractivity contribution in [3.63, 3.8) is 0 Å². The van der Waals surface area contributed by atoms with Gasteiger partial charge in [0.05, 0.1) is 34.1 Å². The van der Waals surface area contributed by atoms with Crippen LogP contribution in [0.1, 0.15) is 32.1 Å². The molecular formula is C29H34FN3O8S2. The molecule has 43 heavy (non-hydrogen) atoms. The number of fused-ring (bicyclic) bond motifs is 1. The maximum atomic E-state index is 13.5. The van der Waals surface area contributed by atoms with Gasteiger partial charge in [-0.2, -0.15) is 4.31 Å². The Bertz CT molecular complexity index is 1720. The number of piperidine rings is 1. The molecule has 0 bridgehead atoms. The molecule has 0 radical (unpaired) electrons. The van der Waals surface area contributed by atoms with Crippen LogP contribution in [0.4, 0.5) is 4.39 Å². The summed E-state index contributed by atoms with van der Waals surface area (Å²) in [7, 11) is -7.37. The number of benzene rings is 2. The summed E-state index contributed by atoms with van der Waals surface area (Å²) in [6.45, 7) is 1.02. The number of halogens is 1. The minimum atomic E-state index is -4.04. The van der Waals surface area contributed by atoms with Crippen molar-refractivity contribution < 1.29 is 40.9 Å². The van der Waals surface area contributed by atoms with Gasteiger partial charge in [-0.15, -0.1) is 0 Å². The SMILES string of the molecule is O=S(=O)(c1cccc(OCC(O)CN[C@H]2COC3(CCN(S(=O)(=O)c4cnc5cc(F)ccc5c4O)CC3)C2)c1)C1CC1. The second-order valence-electron chi connectivity index (χ2n) is 11.5. The first-order valence-electron chi connectivity index (χ1n) is 14.3. The van der Waals surface area contributed by atoms with Gasteiger partial charge in [0.25, 0.3) is 0 Å². The highest BCUT2D eigenvalue weighted by Gasteiger charge is 2.45. The van der Waals surface area contributed by atoms with E-state index in [2.05, 4.69) is 10.3 Å². The molecule has 2 saturated heterocycles. The molecule has 1 spiro atoms. The molecule has 3 N–H and O–H groups in total. The van der Waals surface area contributed by atoms with Gasteiger partial charge in [0.1, 0.15) is 34.9 Å². The van der Waals surface area contributed by atoms with Gasteiger partial charge in [0, 0.05) is 37.1 Å². The maximum absolute atomic E-state index is 13.5. The number of hydrogen-bond donors (Lipinski definition) is 3. The average molecular weight is 636 g/mol. The van der Waals surface area contributed by atoms with Crippen LogP contribution in [0.2, 0.25) is 0 Å². The van der Waals surface area contributed by atoms with Crippen molar-refractivity contribution in [1.82, 2.24) is 14.6 Å². The standard InChI is InChI=1S/C29H34FN3O8S2/c30-19-4-7-25-26(12-19)32-16-27(28(25)35)43(38,39)33-10-8-29(9-11-33)14-20(17-41-29)31-15-21(34)18-40-22-2-1-3-24(13-22)42(36,37)23-5-6-23/h1-4,7,12-13,16,20-21,23,31,34H,5-6,8-11,14-15,17-18H2,(H,32,35)/t20-,21?/m1/s1. The highest BCUT2D eigenvalue weighted by atomic mass is 32.2. The topological polar surface area (TPSA) is 155 Å². The molecule has 11 nitrogen and oxygen atoms in total. The van der Waals surface area contributed by atoms with Gasteiger partial charge < -0.3 is 25.0 Å². The lowest BCUT2D eigenvalue weighted by Gasteiger charge is -2.38. The Morgan fingerprint density at radius 3 is 2.65 bits per heavy atom. The third-order valence-corrected chi connectivity index (χ3v) is 12.6. The molecule has 232 valence electrons. The predicted octanol–water partition coefficient (Wildman–Crippen LogP) is 2.36. The van der Waals surface area contributed by atoms with Crippen molar-refractivity contribution in [2.45, 2.75) is 64.9 Å². The van der Waals surface area contributed by atoms with Gasteiger partial charge in [-0.3, -0.25) is 4.98 Å². The van der Waals surface area contributed by atoms with E-state index in [1.165, 1.54) is 16.4 Å². The van der Waals surface area contributed by atoms with Crippen LogP contribution in [0.5, 0.6) is 11.5 Å². The summed E-state index contributed by atoms with van der Waals surface area (Å²) in [5.74, 6) is -0.606. The van der Waals surface area contributed by atoms with E-state index >= 15 is 0 Å². The van der Waals surface area contributed by atoms with Crippen LogP contribution in [-0.4, -0.2) is 92.2 Å².